The first-order valence-corrected chi connectivity index (χ1v) is 7.51. The third kappa shape index (κ3) is 6.13. The Morgan fingerprint density at radius 1 is 0.857 bits per heavy atom. The Bertz CT molecular complexity index is 535. The van der Waals surface area contributed by atoms with Gasteiger partial charge in [0.25, 0.3) is 0 Å². The van der Waals surface area contributed by atoms with Gasteiger partial charge in [0.15, 0.2) is 5.96 Å². The van der Waals surface area contributed by atoms with Crippen LogP contribution in [0.4, 0.5) is 5.69 Å². The zero-order chi connectivity index (χ0) is 14.8. The lowest BCUT2D eigenvalue weighted by Crippen LogP contribution is -2.31. The Labute approximate surface area is 126 Å². The van der Waals surface area contributed by atoms with Crippen molar-refractivity contribution in [3.63, 3.8) is 0 Å². The summed E-state index contributed by atoms with van der Waals surface area (Å²) < 4.78 is 0. The second kappa shape index (κ2) is 8.80. The third-order valence-electron chi connectivity index (χ3n) is 3.30. The lowest BCUT2D eigenvalue weighted by atomic mass is 10.1. The van der Waals surface area contributed by atoms with Crippen molar-refractivity contribution in [2.24, 2.45) is 10.7 Å². The molecule has 0 radical (unpaired) electrons. The van der Waals surface area contributed by atoms with Gasteiger partial charge in [0.05, 0.1) is 5.69 Å². The van der Waals surface area contributed by atoms with Crippen LogP contribution < -0.4 is 11.1 Å². The first-order valence-electron chi connectivity index (χ1n) is 7.51. The van der Waals surface area contributed by atoms with Crippen LogP contribution in [0.15, 0.2) is 65.7 Å². The minimum atomic E-state index is 0.490. The quantitative estimate of drug-likeness (QED) is 0.462. The normalized spacial score (nSPS) is 11.3. The molecular formula is C18H23N3. The second-order valence-corrected chi connectivity index (χ2v) is 5.06. The summed E-state index contributed by atoms with van der Waals surface area (Å²) in [5.74, 6) is 0.490. The fraction of sp³-hybridized carbons (Fsp3) is 0.278. The lowest BCUT2D eigenvalue weighted by Gasteiger charge is -2.05. The van der Waals surface area contributed by atoms with E-state index in [-0.39, 0.29) is 0 Å². The van der Waals surface area contributed by atoms with Crippen molar-refractivity contribution in [2.45, 2.75) is 25.7 Å². The zero-order valence-electron chi connectivity index (χ0n) is 12.3. The predicted octanol–water partition coefficient (Wildman–Crippen LogP) is 3.64. The van der Waals surface area contributed by atoms with Crippen molar-refractivity contribution < 1.29 is 0 Å². The van der Waals surface area contributed by atoms with Crippen molar-refractivity contribution in [2.75, 3.05) is 6.54 Å². The number of para-hydroxylation sites is 1. The highest BCUT2D eigenvalue weighted by molar-refractivity contribution is 5.80. The monoisotopic (exact) mass is 281 g/mol. The molecule has 0 aliphatic carbocycles. The fourth-order valence-electron chi connectivity index (χ4n) is 2.17. The fourth-order valence-corrected chi connectivity index (χ4v) is 2.17. The molecule has 0 saturated heterocycles. The van der Waals surface area contributed by atoms with Gasteiger partial charge >= 0.3 is 0 Å². The number of nitrogens with two attached hydrogens (primary N) is 1. The summed E-state index contributed by atoms with van der Waals surface area (Å²) in [6.45, 7) is 0.872. The van der Waals surface area contributed by atoms with Crippen LogP contribution in [-0.4, -0.2) is 12.5 Å². The van der Waals surface area contributed by atoms with Gasteiger partial charge in [-0.2, -0.15) is 0 Å². The molecule has 0 atom stereocenters. The summed E-state index contributed by atoms with van der Waals surface area (Å²) in [6, 6.07) is 20.4. The number of rotatable bonds is 7. The Kier molecular flexibility index (Phi) is 6.33. The maximum absolute atomic E-state index is 5.85. The lowest BCUT2D eigenvalue weighted by molar-refractivity contribution is 0.662. The van der Waals surface area contributed by atoms with Crippen LogP contribution in [0.2, 0.25) is 0 Å². The molecule has 0 aliphatic rings. The van der Waals surface area contributed by atoms with E-state index < -0.39 is 0 Å². The Morgan fingerprint density at radius 3 is 2.24 bits per heavy atom. The van der Waals surface area contributed by atoms with Crippen molar-refractivity contribution in [3.8, 4) is 0 Å². The highest BCUT2D eigenvalue weighted by Crippen LogP contribution is 2.09. The maximum atomic E-state index is 5.85. The maximum Gasteiger partial charge on any atom is 0.193 e. The first kappa shape index (κ1) is 15.1. The number of aliphatic imine (C=N–C) groups is 1. The smallest absolute Gasteiger partial charge is 0.193 e. The van der Waals surface area contributed by atoms with E-state index in [1.54, 1.807) is 0 Å². The molecule has 0 heterocycles. The number of unbranched alkanes of at least 4 members (excludes halogenated alkanes) is 2. The molecule has 2 aromatic rings. The number of nitrogens with one attached hydrogen (secondary N) is 1. The van der Waals surface area contributed by atoms with Crippen LogP contribution in [0, 0.1) is 0 Å². The molecule has 2 aromatic carbocycles. The average molecular weight is 281 g/mol. The van der Waals surface area contributed by atoms with Gasteiger partial charge in [-0.1, -0.05) is 55.0 Å². The second-order valence-electron chi connectivity index (χ2n) is 5.06. The molecule has 3 N–H and O–H groups in total. The van der Waals surface area contributed by atoms with E-state index in [1.807, 2.05) is 30.3 Å². The predicted molar refractivity (Wildman–Crippen MR) is 89.7 cm³/mol. The van der Waals surface area contributed by atoms with Crippen LogP contribution in [0.1, 0.15) is 24.8 Å². The molecule has 0 spiro atoms. The molecule has 0 amide bonds. The van der Waals surface area contributed by atoms with Gasteiger partial charge in [0, 0.05) is 6.54 Å². The minimum Gasteiger partial charge on any atom is -0.370 e. The summed E-state index contributed by atoms with van der Waals surface area (Å²) in [5, 5.41) is 3.16. The van der Waals surface area contributed by atoms with E-state index in [9.17, 15) is 0 Å². The molecule has 0 aliphatic heterocycles. The summed E-state index contributed by atoms with van der Waals surface area (Å²) in [4.78, 5) is 4.31. The summed E-state index contributed by atoms with van der Waals surface area (Å²) in [5.41, 5.74) is 8.14. The highest BCUT2D eigenvalue weighted by atomic mass is 15.1. The van der Waals surface area contributed by atoms with Gasteiger partial charge in [-0.25, -0.2) is 4.99 Å². The third-order valence-corrected chi connectivity index (χ3v) is 3.30. The number of aryl methyl sites for hydroxylation is 1. The number of nitrogens with zero attached hydrogens (tertiary/aromatic N) is 1. The average Bonchev–Trinajstić information content (AvgIpc) is 2.53. The van der Waals surface area contributed by atoms with Gasteiger partial charge in [-0.05, 0) is 37.0 Å². The van der Waals surface area contributed by atoms with Gasteiger partial charge in [0.2, 0.25) is 0 Å². The molecule has 0 saturated carbocycles. The summed E-state index contributed by atoms with van der Waals surface area (Å²) in [6.07, 6.45) is 4.66. The molecule has 3 nitrogen and oxygen atoms in total. The van der Waals surface area contributed by atoms with Crippen molar-refractivity contribution in [1.29, 1.82) is 0 Å². The van der Waals surface area contributed by atoms with Gasteiger partial charge in [0.1, 0.15) is 0 Å². The van der Waals surface area contributed by atoms with E-state index in [0.717, 1.165) is 25.1 Å². The van der Waals surface area contributed by atoms with Crippen LogP contribution in [-0.2, 0) is 6.42 Å². The van der Waals surface area contributed by atoms with Crippen molar-refractivity contribution in [3.05, 3.63) is 66.2 Å². The van der Waals surface area contributed by atoms with Crippen molar-refractivity contribution >= 4 is 11.6 Å². The molecule has 0 aromatic heterocycles. The van der Waals surface area contributed by atoms with E-state index in [4.69, 9.17) is 5.73 Å². The minimum absolute atomic E-state index is 0.490. The molecule has 0 unspecified atom stereocenters. The van der Waals surface area contributed by atoms with Crippen LogP contribution in [0.3, 0.4) is 0 Å². The number of hydrogen-bond acceptors (Lipinski definition) is 1. The van der Waals surface area contributed by atoms with E-state index in [0.29, 0.717) is 5.96 Å². The number of hydrogen-bond donors (Lipinski definition) is 2. The van der Waals surface area contributed by atoms with Crippen molar-refractivity contribution in [1.82, 2.24) is 5.32 Å². The molecule has 2 rings (SSSR count). The van der Waals surface area contributed by atoms with Crippen LogP contribution >= 0.6 is 0 Å². The Hall–Kier alpha value is -2.29. The molecule has 110 valence electrons. The summed E-state index contributed by atoms with van der Waals surface area (Å²) >= 11 is 0. The largest absolute Gasteiger partial charge is 0.370 e. The Balaban J connectivity index is 1.58. The number of benzene rings is 2. The van der Waals surface area contributed by atoms with E-state index in [1.165, 1.54) is 18.4 Å². The molecule has 21 heavy (non-hydrogen) atoms. The van der Waals surface area contributed by atoms with Gasteiger partial charge in [-0.3, -0.25) is 0 Å². The Morgan fingerprint density at radius 2 is 1.52 bits per heavy atom. The van der Waals surface area contributed by atoms with E-state index >= 15 is 0 Å². The topological polar surface area (TPSA) is 50.4 Å². The van der Waals surface area contributed by atoms with Gasteiger partial charge < -0.3 is 11.1 Å². The summed E-state index contributed by atoms with van der Waals surface area (Å²) in [7, 11) is 0. The molecule has 3 heteroatoms. The zero-order valence-corrected chi connectivity index (χ0v) is 12.3. The number of guanidine groups is 1. The standard InChI is InChI=1S/C18H23N3/c19-18(21-17-13-7-2-8-14-17)20-15-9-3-6-12-16-10-4-1-5-11-16/h1-2,4-5,7-8,10-11,13-14H,3,6,9,12,15H2,(H3,19,20,21). The van der Waals surface area contributed by atoms with Gasteiger partial charge in [-0.15, -0.1) is 0 Å². The molecular weight excluding hydrogens is 258 g/mol. The van der Waals surface area contributed by atoms with Crippen LogP contribution in [0.5, 0.6) is 0 Å². The van der Waals surface area contributed by atoms with Crippen LogP contribution in [0.25, 0.3) is 0 Å². The highest BCUT2D eigenvalue weighted by Gasteiger charge is 1.95. The van der Waals surface area contributed by atoms with E-state index in [2.05, 4.69) is 40.6 Å². The first-order chi connectivity index (χ1) is 10.3. The SMILES string of the molecule is NC(=Nc1ccccc1)NCCCCCc1ccccc1. The molecule has 0 fully saturated rings. The molecule has 0 bridgehead atoms.